The van der Waals surface area contributed by atoms with E-state index in [9.17, 15) is 9.59 Å². The molecule has 2 aromatic carbocycles. The number of ether oxygens (including phenoxy) is 2. The molecule has 0 aliphatic heterocycles. The van der Waals surface area contributed by atoms with E-state index in [2.05, 4.69) is 10.3 Å². The van der Waals surface area contributed by atoms with Crippen LogP contribution in [0.1, 0.15) is 62.1 Å². The first-order valence-electron chi connectivity index (χ1n) is 10.7. The van der Waals surface area contributed by atoms with Gasteiger partial charge in [-0.3, -0.25) is 4.79 Å². The zero-order chi connectivity index (χ0) is 25.2. The molecule has 3 rings (SSSR count). The van der Waals surface area contributed by atoms with Crippen LogP contribution in [0.15, 0.2) is 36.5 Å². The van der Waals surface area contributed by atoms with Crippen molar-refractivity contribution in [2.24, 2.45) is 0 Å². The van der Waals surface area contributed by atoms with E-state index in [-0.39, 0.29) is 27.4 Å². The van der Waals surface area contributed by atoms with Gasteiger partial charge in [-0.15, -0.1) is 0 Å². The van der Waals surface area contributed by atoms with Crippen molar-refractivity contribution in [3.8, 4) is 5.88 Å². The number of amides is 1. The van der Waals surface area contributed by atoms with E-state index in [1.807, 2.05) is 0 Å². The second-order valence-corrected chi connectivity index (χ2v) is 9.04. The SMILES string of the molecule is CCOc1ncc(Cl)c2c(C(=O)c3c(F)cc(C(C)NC(=O)OC(C)(C)C)cc3F)cccc12. The maximum absolute atomic E-state index is 15.0. The number of alkyl carbamates (subject to hydrolysis) is 1. The van der Waals surface area contributed by atoms with Crippen LogP contribution in [0.4, 0.5) is 13.6 Å². The van der Waals surface area contributed by atoms with Crippen LogP contribution in [0.25, 0.3) is 10.8 Å². The predicted octanol–water partition coefficient (Wildman–Crippen LogP) is 6.38. The molecule has 1 heterocycles. The molecule has 180 valence electrons. The van der Waals surface area contributed by atoms with Crippen molar-refractivity contribution in [3.05, 3.63) is 69.9 Å². The van der Waals surface area contributed by atoms with Gasteiger partial charge in [0.1, 0.15) is 17.2 Å². The fraction of sp³-hybridized carbons (Fsp3) is 0.320. The third-order valence-corrected chi connectivity index (χ3v) is 5.17. The number of ketones is 1. The number of pyridine rings is 1. The smallest absolute Gasteiger partial charge is 0.408 e. The van der Waals surface area contributed by atoms with Gasteiger partial charge in [0.25, 0.3) is 0 Å². The average molecular weight is 491 g/mol. The largest absolute Gasteiger partial charge is 0.478 e. The normalized spacial score (nSPS) is 12.4. The molecule has 1 atom stereocenters. The quantitative estimate of drug-likeness (QED) is 0.405. The molecule has 0 spiro atoms. The van der Waals surface area contributed by atoms with Gasteiger partial charge in [0.15, 0.2) is 5.78 Å². The molecule has 0 saturated heterocycles. The molecule has 0 radical (unpaired) electrons. The Morgan fingerprint density at radius 3 is 2.41 bits per heavy atom. The first-order chi connectivity index (χ1) is 15.9. The lowest BCUT2D eigenvalue weighted by Gasteiger charge is -2.22. The average Bonchev–Trinajstić information content (AvgIpc) is 2.73. The van der Waals surface area contributed by atoms with Crippen molar-refractivity contribution in [2.75, 3.05) is 6.61 Å². The molecule has 0 bridgehead atoms. The summed E-state index contributed by atoms with van der Waals surface area (Å²) in [6, 6.07) is 5.92. The Bertz CT molecular complexity index is 1230. The van der Waals surface area contributed by atoms with Gasteiger partial charge in [0, 0.05) is 16.3 Å². The molecule has 9 heteroatoms. The molecule has 0 aliphatic rings. The van der Waals surface area contributed by atoms with Crippen molar-refractivity contribution in [1.29, 1.82) is 0 Å². The number of nitrogens with zero attached hydrogens (tertiary/aromatic N) is 1. The highest BCUT2D eigenvalue weighted by Gasteiger charge is 2.25. The van der Waals surface area contributed by atoms with Gasteiger partial charge in [-0.2, -0.15) is 0 Å². The Morgan fingerprint density at radius 2 is 1.82 bits per heavy atom. The first kappa shape index (κ1) is 25.4. The minimum Gasteiger partial charge on any atom is -0.478 e. The fourth-order valence-corrected chi connectivity index (χ4v) is 3.69. The summed E-state index contributed by atoms with van der Waals surface area (Å²) in [5.74, 6) is -2.75. The van der Waals surface area contributed by atoms with Gasteiger partial charge in [-0.05, 0) is 58.4 Å². The number of hydrogen-bond acceptors (Lipinski definition) is 5. The maximum Gasteiger partial charge on any atom is 0.408 e. The molecular formula is C25H25ClF2N2O4. The lowest BCUT2D eigenvalue weighted by atomic mass is 9.95. The molecule has 1 amide bonds. The number of hydrogen-bond donors (Lipinski definition) is 1. The third kappa shape index (κ3) is 5.44. The van der Waals surface area contributed by atoms with Crippen LogP contribution < -0.4 is 10.1 Å². The minimum absolute atomic E-state index is 0.0105. The molecule has 6 nitrogen and oxygen atoms in total. The summed E-state index contributed by atoms with van der Waals surface area (Å²) in [5, 5.41) is 3.41. The number of aromatic nitrogens is 1. The number of benzene rings is 2. The van der Waals surface area contributed by atoms with E-state index in [1.165, 1.54) is 12.3 Å². The van der Waals surface area contributed by atoms with Crippen LogP contribution in [0.3, 0.4) is 0 Å². The second kappa shape index (κ2) is 9.93. The number of fused-ring (bicyclic) bond motifs is 1. The Hall–Kier alpha value is -3.26. The predicted molar refractivity (Wildman–Crippen MR) is 125 cm³/mol. The zero-order valence-corrected chi connectivity index (χ0v) is 20.2. The minimum atomic E-state index is -1.06. The summed E-state index contributed by atoms with van der Waals surface area (Å²) in [7, 11) is 0. The van der Waals surface area contributed by atoms with Crippen LogP contribution in [0.2, 0.25) is 5.02 Å². The lowest BCUT2D eigenvalue weighted by molar-refractivity contribution is 0.0507. The molecule has 1 unspecified atom stereocenters. The van der Waals surface area contributed by atoms with Crippen molar-refractivity contribution < 1.29 is 27.8 Å². The second-order valence-electron chi connectivity index (χ2n) is 8.63. The van der Waals surface area contributed by atoms with Gasteiger partial charge in [0.05, 0.1) is 29.4 Å². The molecule has 0 fully saturated rings. The summed E-state index contributed by atoms with van der Waals surface area (Å²) >= 11 is 6.30. The van der Waals surface area contributed by atoms with E-state index in [4.69, 9.17) is 21.1 Å². The van der Waals surface area contributed by atoms with E-state index in [0.717, 1.165) is 12.1 Å². The van der Waals surface area contributed by atoms with Gasteiger partial charge in [-0.1, -0.05) is 23.7 Å². The molecule has 3 aromatic rings. The van der Waals surface area contributed by atoms with Crippen molar-refractivity contribution in [2.45, 2.75) is 46.3 Å². The van der Waals surface area contributed by atoms with Crippen molar-refractivity contribution in [1.82, 2.24) is 10.3 Å². The maximum atomic E-state index is 15.0. The Kier molecular flexibility index (Phi) is 7.41. The van der Waals surface area contributed by atoms with E-state index in [0.29, 0.717) is 12.0 Å². The molecule has 1 N–H and O–H groups in total. The molecule has 1 aromatic heterocycles. The van der Waals surface area contributed by atoms with E-state index in [1.54, 1.807) is 46.8 Å². The summed E-state index contributed by atoms with van der Waals surface area (Å²) in [6.07, 6.45) is 0.593. The Balaban J connectivity index is 1.99. The zero-order valence-electron chi connectivity index (χ0n) is 19.5. The van der Waals surface area contributed by atoms with Crippen LogP contribution in [0.5, 0.6) is 5.88 Å². The number of nitrogens with one attached hydrogen (secondary N) is 1. The fourth-order valence-electron chi connectivity index (χ4n) is 3.44. The first-order valence-corrected chi connectivity index (χ1v) is 11.0. The monoisotopic (exact) mass is 490 g/mol. The number of carbonyl (C=O) groups is 2. The summed E-state index contributed by atoms with van der Waals surface area (Å²) in [5.41, 5.74) is -1.31. The van der Waals surface area contributed by atoms with Gasteiger partial charge in [0.2, 0.25) is 5.88 Å². The van der Waals surface area contributed by atoms with E-state index >= 15 is 8.78 Å². The number of rotatable bonds is 6. The number of halogens is 3. The highest BCUT2D eigenvalue weighted by atomic mass is 35.5. The van der Waals surface area contributed by atoms with E-state index < -0.39 is 40.7 Å². The van der Waals surface area contributed by atoms with Crippen LogP contribution in [-0.4, -0.2) is 29.1 Å². The Morgan fingerprint density at radius 1 is 1.18 bits per heavy atom. The third-order valence-electron chi connectivity index (χ3n) is 4.88. The van der Waals surface area contributed by atoms with Crippen LogP contribution in [0, 0.1) is 11.6 Å². The summed E-state index contributed by atoms with van der Waals surface area (Å²) in [6.45, 7) is 8.76. The topological polar surface area (TPSA) is 77.5 Å². The van der Waals surface area contributed by atoms with Crippen molar-refractivity contribution >= 4 is 34.2 Å². The highest BCUT2D eigenvalue weighted by molar-refractivity contribution is 6.37. The van der Waals surface area contributed by atoms with Gasteiger partial charge < -0.3 is 14.8 Å². The standard InChI is InChI=1S/C25H25ClF2N2O4/c1-6-33-23-16-9-7-8-15(20(16)17(26)12-29-23)22(31)21-18(27)10-14(11-19(21)28)13(2)30-24(32)34-25(3,4)5/h7-13H,6H2,1-5H3,(H,30,32). The number of carbonyl (C=O) groups excluding carboxylic acids is 2. The molecule has 34 heavy (non-hydrogen) atoms. The van der Waals surface area contributed by atoms with Gasteiger partial charge in [-0.25, -0.2) is 18.6 Å². The van der Waals surface area contributed by atoms with Gasteiger partial charge >= 0.3 is 6.09 Å². The summed E-state index contributed by atoms with van der Waals surface area (Å²) in [4.78, 5) is 29.4. The highest BCUT2D eigenvalue weighted by Crippen LogP contribution is 2.34. The lowest BCUT2D eigenvalue weighted by Crippen LogP contribution is -2.34. The molecule has 0 aliphatic carbocycles. The summed E-state index contributed by atoms with van der Waals surface area (Å²) < 4.78 is 40.7. The van der Waals surface area contributed by atoms with Crippen molar-refractivity contribution in [3.63, 3.8) is 0 Å². The van der Waals surface area contributed by atoms with Crippen LogP contribution in [-0.2, 0) is 4.74 Å². The molecular weight excluding hydrogens is 466 g/mol. The van der Waals surface area contributed by atoms with Crippen LogP contribution >= 0.6 is 11.6 Å². The Labute approximate surface area is 201 Å². The molecule has 0 saturated carbocycles.